The molecule has 0 saturated heterocycles. The molecule has 0 aliphatic heterocycles. The number of nitrogens with one attached hydrogen (secondary N) is 1. The summed E-state index contributed by atoms with van der Waals surface area (Å²) in [5.41, 5.74) is 0.841. The highest BCUT2D eigenvalue weighted by Crippen LogP contribution is 1.84. The number of aromatic nitrogens is 1. The van der Waals surface area contributed by atoms with Gasteiger partial charge in [-0.2, -0.15) is 0 Å². The summed E-state index contributed by atoms with van der Waals surface area (Å²) in [4.78, 5) is 13.2. The molecule has 0 amide bonds. The molecular weight excluding hydrogens is 159 g/mol. The molecule has 54 valence electrons. The zero-order valence-corrected chi connectivity index (χ0v) is 6.51. The first-order chi connectivity index (χ1) is 5.24. The molecule has 0 spiro atoms. The summed E-state index contributed by atoms with van der Waals surface area (Å²) in [5, 5.41) is 0. The average molecular weight is 164 g/mol. The first-order valence-electron chi connectivity index (χ1n) is 2.89. The third-order valence-corrected chi connectivity index (χ3v) is 1.30. The van der Waals surface area contributed by atoms with E-state index >= 15 is 0 Å². The maximum atomic E-state index is 10.7. The molecule has 0 unspecified atom stereocenters. The Balaban J connectivity index is 3.23. The van der Waals surface area contributed by atoms with E-state index in [1.807, 2.05) is 0 Å². The summed E-state index contributed by atoms with van der Waals surface area (Å²) in [6, 6.07) is 1.36. The quantitative estimate of drug-likeness (QED) is 0.326. The number of hydrogen-bond donors (Lipinski definition) is 2. The Morgan fingerprint density at radius 3 is 3.09 bits per heavy atom. The minimum absolute atomic E-state index is 0.206. The number of nitrogens with zero attached hydrogens (tertiary/aromatic N) is 1. The molecule has 1 rings (SSSR count). The normalized spacial score (nSPS) is 10.6. The second kappa shape index (κ2) is 3.43. The fourth-order valence-corrected chi connectivity index (χ4v) is 0.797. The van der Waals surface area contributed by atoms with Crippen LogP contribution in [0.25, 0.3) is 0 Å². The van der Waals surface area contributed by atoms with Gasteiger partial charge < -0.3 is 4.98 Å². The first-order valence-corrected chi connectivity index (χ1v) is 3.29. The summed E-state index contributed by atoms with van der Waals surface area (Å²) in [7, 11) is 5.48. The third-order valence-electron chi connectivity index (χ3n) is 1.19. The van der Waals surface area contributed by atoms with E-state index in [9.17, 15) is 4.79 Å². The molecular formula is C6H5BN2OS. The van der Waals surface area contributed by atoms with Gasteiger partial charge in [-0.25, -0.2) is 4.40 Å². The van der Waals surface area contributed by atoms with Gasteiger partial charge in [0.1, 0.15) is 7.85 Å². The summed E-state index contributed by atoms with van der Waals surface area (Å²) in [6.07, 6.45) is 2.83. The number of pyridine rings is 1. The standard InChI is InChI=1S/C6H5BN2OS/c7-5-3-8-6(10)1-4(5)2-9-11/h1-3,11H,(H,8,10). The van der Waals surface area contributed by atoms with Gasteiger partial charge in [0.2, 0.25) is 5.56 Å². The van der Waals surface area contributed by atoms with Gasteiger partial charge in [-0.3, -0.25) is 4.79 Å². The Morgan fingerprint density at radius 1 is 1.73 bits per heavy atom. The molecule has 3 nitrogen and oxygen atoms in total. The zero-order chi connectivity index (χ0) is 8.27. The molecule has 11 heavy (non-hydrogen) atoms. The van der Waals surface area contributed by atoms with E-state index in [0.717, 1.165) is 0 Å². The summed E-state index contributed by atoms with van der Waals surface area (Å²) in [6.45, 7) is 0. The Bertz CT molecular complexity index is 334. The smallest absolute Gasteiger partial charge is 0.248 e. The Hall–Kier alpha value is -0.965. The summed E-state index contributed by atoms with van der Waals surface area (Å²) >= 11 is 3.62. The van der Waals surface area contributed by atoms with Gasteiger partial charge in [-0.1, -0.05) is 5.46 Å². The molecule has 1 heterocycles. The topological polar surface area (TPSA) is 45.2 Å². The predicted octanol–water partition coefficient (Wildman–Crippen LogP) is -0.568. The van der Waals surface area contributed by atoms with Crippen molar-refractivity contribution in [2.45, 2.75) is 0 Å². The third kappa shape index (κ3) is 1.98. The molecule has 2 radical (unpaired) electrons. The molecule has 0 aromatic carbocycles. The Labute approximate surface area is 70.5 Å². The van der Waals surface area contributed by atoms with Gasteiger partial charge >= 0.3 is 0 Å². The molecule has 0 fully saturated rings. The van der Waals surface area contributed by atoms with Crippen LogP contribution in [0.1, 0.15) is 5.56 Å². The predicted molar refractivity (Wildman–Crippen MR) is 49.0 cm³/mol. The molecule has 0 aliphatic carbocycles. The van der Waals surface area contributed by atoms with Crippen molar-refractivity contribution in [3.8, 4) is 0 Å². The van der Waals surface area contributed by atoms with E-state index in [1.54, 1.807) is 0 Å². The van der Waals surface area contributed by atoms with Crippen LogP contribution in [0, 0.1) is 0 Å². The number of rotatable bonds is 1. The highest BCUT2D eigenvalue weighted by atomic mass is 32.1. The van der Waals surface area contributed by atoms with Crippen molar-refractivity contribution in [1.82, 2.24) is 4.98 Å². The second-order valence-corrected chi connectivity index (χ2v) is 2.18. The van der Waals surface area contributed by atoms with E-state index in [-0.39, 0.29) is 5.56 Å². The lowest BCUT2D eigenvalue weighted by Crippen LogP contribution is -2.17. The molecule has 0 aliphatic rings. The van der Waals surface area contributed by atoms with Crippen LogP contribution in [-0.4, -0.2) is 19.0 Å². The average Bonchev–Trinajstić information content (AvgIpc) is 1.98. The maximum Gasteiger partial charge on any atom is 0.248 e. The van der Waals surface area contributed by atoms with E-state index < -0.39 is 0 Å². The molecule has 1 aromatic heterocycles. The lowest BCUT2D eigenvalue weighted by atomic mass is 9.93. The lowest BCUT2D eigenvalue weighted by molar-refractivity contribution is 1.25. The number of H-pyrrole nitrogens is 1. The molecule has 1 N–H and O–H groups in total. The van der Waals surface area contributed by atoms with Crippen molar-refractivity contribution in [1.29, 1.82) is 0 Å². The summed E-state index contributed by atoms with van der Waals surface area (Å²) in [5.74, 6) is 0. The van der Waals surface area contributed by atoms with Crippen LogP contribution in [0.15, 0.2) is 21.5 Å². The minimum atomic E-state index is -0.206. The van der Waals surface area contributed by atoms with E-state index in [4.69, 9.17) is 7.85 Å². The maximum absolute atomic E-state index is 10.7. The van der Waals surface area contributed by atoms with Crippen LogP contribution in [0.3, 0.4) is 0 Å². The Morgan fingerprint density at radius 2 is 2.45 bits per heavy atom. The first kappa shape index (κ1) is 8.13. The second-order valence-electron chi connectivity index (χ2n) is 1.95. The highest BCUT2D eigenvalue weighted by molar-refractivity contribution is 7.79. The SMILES string of the molecule is [B]c1c[nH]c(=O)cc1C=NS. The van der Waals surface area contributed by atoms with Gasteiger partial charge in [0.15, 0.2) is 0 Å². The highest BCUT2D eigenvalue weighted by Gasteiger charge is 1.93. The van der Waals surface area contributed by atoms with E-state index in [1.165, 1.54) is 18.5 Å². The monoisotopic (exact) mass is 164 g/mol. The molecule has 0 bridgehead atoms. The molecule has 5 heteroatoms. The Kier molecular flexibility index (Phi) is 2.54. The number of thiol groups is 1. The number of hydrogen-bond acceptors (Lipinski definition) is 3. The molecule has 0 atom stereocenters. The molecule has 0 saturated carbocycles. The van der Waals surface area contributed by atoms with Crippen LogP contribution >= 0.6 is 12.8 Å². The van der Waals surface area contributed by atoms with Crippen molar-refractivity contribution in [3.05, 3.63) is 28.2 Å². The van der Waals surface area contributed by atoms with Crippen LogP contribution < -0.4 is 11.0 Å². The van der Waals surface area contributed by atoms with Crippen molar-refractivity contribution in [3.63, 3.8) is 0 Å². The molecule has 1 aromatic rings. The lowest BCUT2D eigenvalue weighted by Gasteiger charge is -1.95. The zero-order valence-electron chi connectivity index (χ0n) is 5.61. The van der Waals surface area contributed by atoms with Crippen molar-refractivity contribution in [2.75, 3.05) is 0 Å². The van der Waals surface area contributed by atoms with Crippen molar-refractivity contribution in [2.24, 2.45) is 4.40 Å². The van der Waals surface area contributed by atoms with Crippen molar-refractivity contribution >= 4 is 32.3 Å². The fraction of sp³-hybridized carbons (Fsp3) is 0. The van der Waals surface area contributed by atoms with Crippen LogP contribution in [0.5, 0.6) is 0 Å². The minimum Gasteiger partial charge on any atom is -0.330 e. The van der Waals surface area contributed by atoms with Gasteiger partial charge in [-0.15, -0.1) is 0 Å². The largest absolute Gasteiger partial charge is 0.330 e. The van der Waals surface area contributed by atoms with E-state index in [0.29, 0.717) is 11.0 Å². The van der Waals surface area contributed by atoms with Crippen LogP contribution in [-0.2, 0) is 0 Å². The van der Waals surface area contributed by atoms with Gasteiger partial charge in [0, 0.05) is 12.3 Å². The summed E-state index contributed by atoms with van der Waals surface area (Å²) < 4.78 is 3.44. The van der Waals surface area contributed by atoms with Gasteiger partial charge in [-0.05, 0) is 24.6 Å². The van der Waals surface area contributed by atoms with Gasteiger partial charge in [0.05, 0.1) is 0 Å². The van der Waals surface area contributed by atoms with E-state index in [2.05, 4.69) is 22.2 Å². The fourth-order valence-electron chi connectivity index (χ4n) is 0.672. The number of aromatic amines is 1. The van der Waals surface area contributed by atoms with Crippen LogP contribution in [0.2, 0.25) is 0 Å². The van der Waals surface area contributed by atoms with Crippen molar-refractivity contribution < 1.29 is 0 Å². The van der Waals surface area contributed by atoms with Gasteiger partial charge in [0.25, 0.3) is 0 Å². The van der Waals surface area contributed by atoms with Crippen LogP contribution in [0.4, 0.5) is 0 Å².